The van der Waals surface area contributed by atoms with Gasteiger partial charge < -0.3 is 35.8 Å². The number of piperidine rings is 1. The van der Waals surface area contributed by atoms with Gasteiger partial charge in [-0.15, -0.1) is 0 Å². The summed E-state index contributed by atoms with van der Waals surface area (Å²) in [7, 11) is 3.12. The lowest BCUT2D eigenvalue weighted by Crippen LogP contribution is -2.61. The maximum absolute atomic E-state index is 14.1. The van der Waals surface area contributed by atoms with Crippen LogP contribution in [0.1, 0.15) is 72.4 Å². The van der Waals surface area contributed by atoms with Crippen molar-refractivity contribution in [3.63, 3.8) is 0 Å². The number of nitrogens with one attached hydrogen (secondary N) is 4. The van der Waals surface area contributed by atoms with Crippen LogP contribution in [-0.4, -0.2) is 105 Å². The van der Waals surface area contributed by atoms with Crippen LogP contribution in [0.3, 0.4) is 0 Å². The molecule has 3 fully saturated rings. The Bertz CT molecular complexity index is 1570. The largest absolute Gasteiger partial charge is 0.444 e. The fraction of sp³-hybridized carbons (Fsp3) is 0.639. The summed E-state index contributed by atoms with van der Waals surface area (Å²) >= 11 is 7.26. The van der Waals surface area contributed by atoms with Gasteiger partial charge >= 0.3 is 6.09 Å². The second-order valence-corrected chi connectivity index (χ2v) is 19.8. The molecule has 0 radical (unpaired) electrons. The zero-order valence-corrected chi connectivity index (χ0v) is 34.1. The molecule has 3 aliphatic rings. The van der Waals surface area contributed by atoms with Gasteiger partial charge in [-0.05, 0) is 44.1 Å². The average molecular weight is 855 g/mol. The molecule has 0 aromatic heterocycles. The molecular weight excluding hydrogens is 804 g/mol. The molecule has 1 aliphatic heterocycles. The topological polar surface area (TPSA) is 183 Å². The van der Waals surface area contributed by atoms with E-state index in [-0.39, 0.29) is 36.6 Å². The first kappa shape index (κ1) is 41.2. The van der Waals surface area contributed by atoms with Crippen molar-refractivity contribution in [2.75, 3.05) is 27.2 Å². The molecule has 1 saturated heterocycles. The van der Waals surface area contributed by atoms with Crippen molar-refractivity contribution in [1.82, 2.24) is 31.1 Å². The Balaban J connectivity index is 1.46. The van der Waals surface area contributed by atoms with Crippen LogP contribution in [0.5, 0.6) is 0 Å². The van der Waals surface area contributed by atoms with E-state index >= 15 is 0 Å². The summed E-state index contributed by atoms with van der Waals surface area (Å²) < 4.78 is 4.81. The number of amides is 6. The van der Waals surface area contributed by atoms with E-state index in [9.17, 15) is 33.6 Å². The zero-order chi connectivity index (χ0) is 38.9. The Hall–Kier alpha value is -3.53. The second-order valence-electron chi connectivity index (χ2n) is 16.1. The molecule has 4 N–H and O–H groups in total. The number of benzene rings is 1. The van der Waals surface area contributed by atoms with E-state index in [0.29, 0.717) is 5.56 Å². The number of hydrogen-bond donors (Lipinski definition) is 4. The summed E-state index contributed by atoms with van der Waals surface area (Å²) in [5.41, 5.74) is -1.00. The van der Waals surface area contributed by atoms with Gasteiger partial charge in [-0.25, -0.2) is 4.79 Å². The molecule has 14 nitrogen and oxygen atoms in total. The van der Waals surface area contributed by atoms with E-state index < -0.39 is 80.5 Å². The van der Waals surface area contributed by atoms with E-state index in [1.54, 1.807) is 86.0 Å². The summed E-state index contributed by atoms with van der Waals surface area (Å²) in [5.74, 6) is -4.50. The monoisotopic (exact) mass is 852 g/mol. The normalized spacial score (nSPS) is 22.1. The van der Waals surface area contributed by atoms with Crippen LogP contribution in [0.25, 0.3) is 0 Å². The van der Waals surface area contributed by atoms with E-state index in [4.69, 9.17) is 4.74 Å². The van der Waals surface area contributed by atoms with E-state index in [2.05, 4.69) is 53.1 Å². The van der Waals surface area contributed by atoms with Crippen molar-refractivity contribution < 1.29 is 38.3 Å². The Kier molecular flexibility index (Phi) is 12.6. The van der Waals surface area contributed by atoms with Crippen LogP contribution in [0.15, 0.2) is 30.3 Å². The number of fused-ring (bicyclic) bond motifs is 1. The minimum atomic E-state index is -1.21. The molecular formula is C36H50Br2N6O8. The van der Waals surface area contributed by atoms with Gasteiger partial charge in [0, 0.05) is 32.5 Å². The van der Waals surface area contributed by atoms with Crippen LogP contribution in [0, 0.1) is 23.2 Å². The molecule has 6 amide bonds. The summed E-state index contributed by atoms with van der Waals surface area (Å²) in [4.78, 5) is 96.2. The predicted octanol–water partition coefficient (Wildman–Crippen LogP) is 2.78. The quantitative estimate of drug-likeness (QED) is 0.173. The maximum atomic E-state index is 14.1. The van der Waals surface area contributed by atoms with Crippen LogP contribution < -0.4 is 21.3 Å². The molecule has 6 atom stereocenters. The van der Waals surface area contributed by atoms with Gasteiger partial charge in [0.1, 0.15) is 23.7 Å². The number of carbonyl (C=O) groups is 7. The molecule has 3 unspecified atom stereocenters. The van der Waals surface area contributed by atoms with Crippen LogP contribution in [0.2, 0.25) is 0 Å². The third-order valence-electron chi connectivity index (χ3n) is 9.32. The number of likely N-dealkylation sites (tertiary alicyclic amines) is 1. The maximum Gasteiger partial charge on any atom is 0.408 e. The lowest BCUT2D eigenvalue weighted by molar-refractivity contribution is -0.145. The van der Waals surface area contributed by atoms with Gasteiger partial charge in [0.25, 0.3) is 5.91 Å². The summed E-state index contributed by atoms with van der Waals surface area (Å²) in [6, 6.07) is 4.36. The average Bonchev–Trinajstić information content (AvgIpc) is 3.90. The van der Waals surface area contributed by atoms with Gasteiger partial charge in [-0.3, -0.25) is 28.8 Å². The van der Waals surface area contributed by atoms with Crippen molar-refractivity contribution in [3.05, 3.63) is 35.9 Å². The number of nitrogens with zero attached hydrogens (tertiary/aromatic N) is 2. The SMILES string of the molecule is CN(C)C(=O)[C@@H](NC(=O)CNC(=O)C(=O)C(CC1CC1)NC(=O)[C@@H]1C2[C@H](CN1C(=O)C(NC(=O)OC(C)(C)C)C(C)(C)C)C2(Br)Br)c1ccccc1. The van der Waals surface area contributed by atoms with Crippen molar-refractivity contribution in [3.8, 4) is 0 Å². The Morgan fingerprint density at radius 2 is 1.56 bits per heavy atom. The van der Waals surface area contributed by atoms with Crippen molar-refractivity contribution in [2.24, 2.45) is 23.2 Å². The first-order chi connectivity index (χ1) is 24.0. The molecule has 52 heavy (non-hydrogen) atoms. The molecule has 0 bridgehead atoms. The van der Waals surface area contributed by atoms with E-state index in [1.165, 1.54) is 9.80 Å². The van der Waals surface area contributed by atoms with Crippen molar-refractivity contribution in [2.45, 2.75) is 93.8 Å². The molecule has 1 aromatic carbocycles. The van der Waals surface area contributed by atoms with E-state index in [0.717, 1.165) is 12.8 Å². The first-order valence-electron chi connectivity index (χ1n) is 17.4. The zero-order valence-electron chi connectivity index (χ0n) is 30.9. The lowest BCUT2D eigenvalue weighted by atomic mass is 9.85. The molecule has 0 spiro atoms. The van der Waals surface area contributed by atoms with Crippen molar-refractivity contribution >= 4 is 73.3 Å². The third-order valence-corrected chi connectivity index (χ3v) is 11.5. The highest BCUT2D eigenvalue weighted by Gasteiger charge is 2.73. The highest BCUT2D eigenvalue weighted by Crippen LogP contribution is 2.67. The minimum absolute atomic E-state index is 0.124. The first-order valence-corrected chi connectivity index (χ1v) is 19.0. The summed E-state index contributed by atoms with van der Waals surface area (Å²) in [6.07, 6.45) is 1.11. The van der Waals surface area contributed by atoms with Gasteiger partial charge in [-0.2, -0.15) is 0 Å². The Morgan fingerprint density at radius 3 is 2.10 bits per heavy atom. The molecule has 2 aliphatic carbocycles. The molecule has 1 aromatic rings. The number of carbonyl (C=O) groups excluding carboxylic acids is 7. The van der Waals surface area contributed by atoms with Gasteiger partial charge in [0.2, 0.25) is 29.4 Å². The number of ether oxygens (including phenoxy) is 1. The highest BCUT2D eigenvalue weighted by molar-refractivity contribution is 9.25. The Morgan fingerprint density at radius 1 is 0.942 bits per heavy atom. The summed E-state index contributed by atoms with van der Waals surface area (Å²) in [6.45, 7) is 10.1. The standard InChI is InChI=1S/C36H50Br2N6O8/c1-34(2,3)28(42-33(51)52-35(4,5)6)32(50)44-18-21-24(36(21,37)38)26(44)29(47)40-22(16-19-14-15-19)27(46)30(48)39-17-23(45)41-25(31(49)43(7)8)20-12-10-9-11-13-20/h9-13,19,21-22,24-26,28H,14-18H2,1-8H3,(H,39,48)(H,40,47)(H,41,45)(H,42,51)/t21-,22?,24?,25-,26-,28?/m0/s1. The molecule has 4 rings (SSSR count). The second kappa shape index (κ2) is 15.8. The lowest BCUT2D eigenvalue weighted by Gasteiger charge is -2.37. The van der Waals surface area contributed by atoms with Gasteiger partial charge in [0.15, 0.2) is 0 Å². The molecule has 2 saturated carbocycles. The van der Waals surface area contributed by atoms with Gasteiger partial charge in [-0.1, -0.05) is 95.8 Å². The number of alkyl halides is 2. The predicted molar refractivity (Wildman–Crippen MR) is 199 cm³/mol. The van der Waals surface area contributed by atoms with Crippen LogP contribution in [0.4, 0.5) is 4.79 Å². The smallest absolute Gasteiger partial charge is 0.408 e. The highest BCUT2D eigenvalue weighted by atomic mass is 79.9. The third kappa shape index (κ3) is 10.1. The van der Waals surface area contributed by atoms with Gasteiger partial charge in [0.05, 0.1) is 15.8 Å². The molecule has 16 heteroatoms. The Labute approximate surface area is 321 Å². The van der Waals surface area contributed by atoms with Crippen LogP contribution in [-0.2, 0) is 33.5 Å². The molecule has 286 valence electrons. The number of halogens is 2. The number of rotatable bonds is 13. The van der Waals surface area contributed by atoms with Crippen molar-refractivity contribution in [1.29, 1.82) is 0 Å². The minimum Gasteiger partial charge on any atom is -0.444 e. The fourth-order valence-electron chi connectivity index (χ4n) is 6.36. The number of Topliss-reactive ketones (excluding diaryl/α,β-unsaturated/α-hetero) is 1. The fourth-order valence-corrected chi connectivity index (χ4v) is 8.09. The number of likely N-dealkylation sites (N-methyl/N-ethyl adjacent to an activating group) is 1. The number of alkyl carbamates (subject to hydrolysis) is 1. The number of ketones is 1. The molecule has 1 heterocycles. The van der Waals surface area contributed by atoms with Crippen LogP contribution >= 0.6 is 31.9 Å². The number of hydrogen-bond acceptors (Lipinski definition) is 8. The van der Waals surface area contributed by atoms with E-state index in [1.807, 2.05) is 0 Å². The summed E-state index contributed by atoms with van der Waals surface area (Å²) in [5, 5.41) is 10.4.